The minimum absolute atomic E-state index is 0.0580. The second-order valence-corrected chi connectivity index (χ2v) is 13.6. The van der Waals surface area contributed by atoms with Gasteiger partial charge in [0.05, 0.1) is 27.5 Å². The zero-order valence-corrected chi connectivity index (χ0v) is 24.6. The molecule has 3 heterocycles. The van der Waals surface area contributed by atoms with E-state index in [0.29, 0.717) is 31.1 Å². The standard InChI is InChI=1S/C29H32F2N6O4S/c1-19-15-27(2,3)36(17-19)25-22(26(38)35-42(39,40)21-7-5-20(16-32)6-8-21)9-10-23(33-25)37-14-11-24(34-37)41-18-29(12-13-29)28(4,30)31/h5-11,14,19H,12-13,15,17-18H2,1-4H3,(H,35,38)/t19-/m0/s1. The second-order valence-electron chi connectivity index (χ2n) is 11.9. The molecule has 0 bridgehead atoms. The van der Waals surface area contributed by atoms with Gasteiger partial charge in [-0.3, -0.25) is 4.79 Å². The third kappa shape index (κ3) is 5.68. The second kappa shape index (κ2) is 10.3. The lowest BCUT2D eigenvalue weighted by molar-refractivity contribution is -0.0712. The van der Waals surface area contributed by atoms with E-state index in [1.165, 1.54) is 41.1 Å². The van der Waals surface area contributed by atoms with E-state index in [2.05, 4.69) is 16.7 Å². The van der Waals surface area contributed by atoms with Crippen LogP contribution in [-0.4, -0.2) is 53.7 Å². The molecule has 222 valence electrons. The largest absolute Gasteiger partial charge is 0.476 e. The fourth-order valence-electron chi connectivity index (χ4n) is 5.44. The molecule has 10 nitrogen and oxygen atoms in total. The van der Waals surface area contributed by atoms with Crippen molar-refractivity contribution < 1.29 is 26.7 Å². The number of halogens is 2. The Morgan fingerprint density at radius 3 is 2.45 bits per heavy atom. The summed E-state index contributed by atoms with van der Waals surface area (Å²) in [4.78, 5) is 20.0. The number of hydrogen-bond acceptors (Lipinski definition) is 8. The molecule has 1 N–H and O–H groups in total. The summed E-state index contributed by atoms with van der Waals surface area (Å²) >= 11 is 0. The highest BCUT2D eigenvalue weighted by molar-refractivity contribution is 7.90. The highest BCUT2D eigenvalue weighted by Gasteiger charge is 2.59. The first-order chi connectivity index (χ1) is 19.6. The predicted molar refractivity (Wildman–Crippen MR) is 150 cm³/mol. The van der Waals surface area contributed by atoms with E-state index in [0.717, 1.165) is 13.3 Å². The van der Waals surface area contributed by atoms with Crippen molar-refractivity contribution >= 4 is 21.7 Å². The molecule has 42 heavy (non-hydrogen) atoms. The van der Waals surface area contributed by atoms with Crippen LogP contribution in [0.2, 0.25) is 0 Å². The molecule has 1 saturated heterocycles. The molecule has 1 atom stereocenters. The predicted octanol–water partition coefficient (Wildman–Crippen LogP) is 4.70. The van der Waals surface area contributed by atoms with Gasteiger partial charge in [0, 0.05) is 31.3 Å². The molecule has 2 aromatic heterocycles. The summed E-state index contributed by atoms with van der Waals surface area (Å²) in [5, 5.41) is 13.3. The van der Waals surface area contributed by atoms with E-state index in [1.807, 2.05) is 24.8 Å². The number of alkyl halides is 2. The Bertz CT molecular complexity index is 1650. The van der Waals surface area contributed by atoms with Crippen molar-refractivity contribution in [3.8, 4) is 17.8 Å². The van der Waals surface area contributed by atoms with Crippen LogP contribution in [0.3, 0.4) is 0 Å². The summed E-state index contributed by atoms with van der Waals surface area (Å²) in [7, 11) is -4.24. The minimum Gasteiger partial charge on any atom is -0.476 e. The van der Waals surface area contributed by atoms with Gasteiger partial charge < -0.3 is 9.64 Å². The van der Waals surface area contributed by atoms with Crippen LogP contribution in [0.4, 0.5) is 14.6 Å². The van der Waals surface area contributed by atoms with Gasteiger partial charge in [0.1, 0.15) is 12.4 Å². The zero-order chi connectivity index (χ0) is 30.5. The molecule has 2 aliphatic rings. The third-order valence-electron chi connectivity index (χ3n) is 8.03. The van der Waals surface area contributed by atoms with E-state index in [1.54, 1.807) is 12.3 Å². The van der Waals surface area contributed by atoms with E-state index in [9.17, 15) is 22.0 Å². The van der Waals surface area contributed by atoms with E-state index < -0.39 is 27.3 Å². The number of carbonyl (C=O) groups excluding carboxylic acids is 1. The molecule has 0 radical (unpaired) electrons. The maximum absolute atomic E-state index is 13.9. The summed E-state index contributed by atoms with van der Waals surface area (Å²) in [5.41, 5.74) is -1.21. The number of ether oxygens (including phenoxy) is 1. The Balaban J connectivity index is 1.44. The van der Waals surface area contributed by atoms with Crippen molar-refractivity contribution in [2.45, 2.75) is 63.3 Å². The number of carbonyl (C=O) groups is 1. The van der Waals surface area contributed by atoms with Crippen molar-refractivity contribution in [2.75, 3.05) is 18.1 Å². The van der Waals surface area contributed by atoms with Crippen LogP contribution < -0.4 is 14.4 Å². The van der Waals surface area contributed by atoms with Gasteiger partial charge in [0.15, 0.2) is 5.82 Å². The third-order valence-corrected chi connectivity index (χ3v) is 9.38. The fourth-order valence-corrected chi connectivity index (χ4v) is 6.40. The first-order valence-corrected chi connectivity index (χ1v) is 15.1. The highest BCUT2D eigenvalue weighted by atomic mass is 32.2. The molecule has 1 saturated carbocycles. The molecule has 3 aromatic rings. The molecule has 0 unspecified atom stereocenters. The number of nitrogens with zero attached hydrogens (tertiary/aromatic N) is 5. The summed E-state index contributed by atoms with van der Waals surface area (Å²) < 4.78 is 63.0. The number of pyridine rings is 1. The van der Waals surface area contributed by atoms with E-state index in [-0.39, 0.29) is 39.9 Å². The average Bonchev–Trinajstić information content (AvgIpc) is 3.50. The maximum Gasteiger partial charge on any atom is 0.268 e. The molecule has 1 aliphatic heterocycles. The van der Waals surface area contributed by atoms with Crippen molar-refractivity contribution in [1.82, 2.24) is 19.5 Å². The first kappa shape index (κ1) is 29.4. The fraction of sp³-hybridized carbons (Fsp3) is 0.448. The number of anilines is 1. The Labute approximate surface area is 243 Å². The Morgan fingerprint density at radius 1 is 1.19 bits per heavy atom. The molecular weight excluding hydrogens is 566 g/mol. The first-order valence-electron chi connectivity index (χ1n) is 13.6. The van der Waals surface area contributed by atoms with Gasteiger partial charge in [-0.2, -0.15) is 5.26 Å². The number of benzene rings is 1. The SMILES string of the molecule is C[C@@H]1CN(c2nc(-n3ccc(OCC4(C(C)(F)F)CC4)n3)ccc2C(=O)NS(=O)(=O)c2ccc(C#N)cc2)C(C)(C)C1. The normalized spacial score (nSPS) is 19.3. The number of nitrogens with one attached hydrogen (secondary N) is 1. The van der Waals surface area contributed by atoms with Crippen LogP contribution >= 0.6 is 0 Å². The molecule has 1 amide bonds. The topological polar surface area (TPSA) is 130 Å². The summed E-state index contributed by atoms with van der Waals surface area (Å²) in [6, 6.07) is 11.7. The zero-order valence-electron chi connectivity index (χ0n) is 23.8. The van der Waals surface area contributed by atoms with Gasteiger partial charge in [0.25, 0.3) is 21.9 Å². The smallest absolute Gasteiger partial charge is 0.268 e. The number of rotatable bonds is 9. The van der Waals surface area contributed by atoms with Gasteiger partial charge in [-0.25, -0.2) is 31.6 Å². The lowest BCUT2D eigenvalue weighted by atomic mass is 9.97. The lowest BCUT2D eigenvalue weighted by Crippen LogP contribution is -2.41. The van der Waals surface area contributed by atoms with Gasteiger partial charge in [0.2, 0.25) is 5.88 Å². The van der Waals surface area contributed by atoms with Crippen LogP contribution in [-0.2, 0) is 10.0 Å². The molecule has 13 heteroatoms. The monoisotopic (exact) mass is 598 g/mol. The number of aromatic nitrogens is 3. The van der Waals surface area contributed by atoms with Crippen LogP contribution in [0.15, 0.2) is 53.6 Å². The molecule has 1 aliphatic carbocycles. The minimum atomic E-state index is -4.24. The Hall–Kier alpha value is -4.05. The van der Waals surface area contributed by atoms with Gasteiger partial charge >= 0.3 is 0 Å². The van der Waals surface area contributed by atoms with Crippen LogP contribution in [0.1, 0.15) is 62.9 Å². The van der Waals surface area contributed by atoms with Crippen molar-refractivity contribution in [1.29, 1.82) is 5.26 Å². The number of hydrogen-bond donors (Lipinski definition) is 1. The molecule has 0 spiro atoms. The van der Waals surface area contributed by atoms with Gasteiger partial charge in [-0.05, 0) is 75.4 Å². The van der Waals surface area contributed by atoms with Crippen LogP contribution in [0.5, 0.6) is 5.88 Å². The van der Waals surface area contributed by atoms with Crippen LogP contribution in [0.25, 0.3) is 5.82 Å². The number of nitriles is 1. The van der Waals surface area contributed by atoms with Gasteiger partial charge in [-0.15, -0.1) is 5.10 Å². The highest BCUT2D eigenvalue weighted by Crippen LogP contribution is 2.56. The summed E-state index contributed by atoms with van der Waals surface area (Å²) in [5.74, 6) is -2.63. The molecule has 2 fully saturated rings. The van der Waals surface area contributed by atoms with Crippen molar-refractivity contribution in [3.63, 3.8) is 0 Å². The Kier molecular flexibility index (Phi) is 7.25. The number of sulfonamides is 1. The summed E-state index contributed by atoms with van der Waals surface area (Å²) in [6.45, 7) is 7.48. The van der Waals surface area contributed by atoms with Crippen molar-refractivity contribution in [3.05, 3.63) is 59.8 Å². The molecule has 5 rings (SSSR count). The van der Waals surface area contributed by atoms with E-state index >= 15 is 0 Å². The van der Waals surface area contributed by atoms with E-state index in [4.69, 9.17) is 15.0 Å². The summed E-state index contributed by atoms with van der Waals surface area (Å²) in [6.07, 6.45) is 3.18. The number of amides is 1. The van der Waals surface area contributed by atoms with Crippen molar-refractivity contribution in [2.24, 2.45) is 11.3 Å². The molecule has 1 aromatic carbocycles. The molecular formula is C29H32F2N6O4S. The average molecular weight is 599 g/mol. The Morgan fingerprint density at radius 2 is 1.88 bits per heavy atom. The maximum atomic E-state index is 13.9. The van der Waals surface area contributed by atoms with Crippen LogP contribution in [0, 0.1) is 22.7 Å². The lowest BCUT2D eigenvalue weighted by Gasteiger charge is -2.34. The van der Waals surface area contributed by atoms with Gasteiger partial charge in [-0.1, -0.05) is 6.92 Å². The quantitative estimate of drug-likeness (QED) is 0.375.